The van der Waals surface area contributed by atoms with E-state index in [9.17, 15) is 5.21 Å². The van der Waals surface area contributed by atoms with Gasteiger partial charge in [0, 0.05) is 0 Å². The summed E-state index contributed by atoms with van der Waals surface area (Å²) in [5, 5.41) is 10.1. The molecule has 0 unspecified atom stereocenters. The first kappa shape index (κ1) is 10.4. The van der Waals surface area contributed by atoms with E-state index in [-0.39, 0.29) is 17.0 Å². The van der Waals surface area contributed by atoms with E-state index in [2.05, 4.69) is 0 Å². The van der Waals surface area contributed by atoms with Gasteiger partial charge in [-0.25, -0.2) is 0 Å². The zero-order valence-electron chi connectivity index (χ0n) is 7.39. The summed E-state index contributed by atoms with van der Waals surface area (Å²) in [6.45, 7) is 6.39. The summed E-state index contributed by atoms with van der Waals surface area (Å²) in [5.74, 6) is 0. The third-order valence-electron chi connectivity index (χ3n) is 1.64. The fraction of sp³-hybridized carbons (Fsp3) is 1.00. The molecule has 0 rings (SSSR count). The second-order valence-electron chi connectivity index (χ2n) is 3.06. The summed E-state index contributed by atoms with van der Waals surface area (Å²) in [6.07, 6.45) is 0.907. The SMILES string of the molecule is CCC(C)(C)OCC[N+](=N)[O-]. The van der Waals surface area contributed by atoms with Crippen molar-refractivity contribution >= 4 is 0 Å². The van der Waals surface area contributed by atoms with Gasteiger partial charge in [-0.15, -0.1) is 0 Å². The van der Waals surface area contributed by atoms with Crippen molar-refractivity contribution in [3.8, 4) is 0 Å². The Morgan fingerprint density at radius 2 is 2.09 bits per heavy atom. The van der Waals surface area contributed by atoms with Crippen LogP contribution in [0.5, 0.6) is 0 Å². The largest absolute Gasteiger partial charge is 0.600 e. The second-order valence-corrected chi connectivity index (χ2v) is 3.06. The van der Waals surface area contributed by atoms with Crippen molar-refractivity contribution in [2.75, 3.05) is 13.2 Å². The highest BCUT2D eigenvalue weighted by atomic mass is 16.5. The first-order valence-electron chi connectivity index (χ1n) is 3.78. The lowest BCUT2D eigenvalue weighted by Crippen LogP contribution is -2.26. The molecule has 1 N–H and O–H groups in total. The van der Waals surface area contributed by atoms with E-state index in [1.807, 2.05) is 20.8 Å². The molecule has 66 valence electrons. The van der Waals surface area contributed by atoms with Gasteiger partial charge in [-0.1, -0.05) is 11.8 Å². The Hall–Kier alpha value is -0.640. The fourth-order valence-corrected chi connectivity index (χ4v) is 0.507. The van der Waals surface area contributed by atoms with Crippen molar-refractivity contribution in [1.82, 2.24) is 0 Å². The van der Waals surface area contributed by atoms with E-state index >= 15 is 0 Å². The number of hydroxylamine groups is 1. The highest BCUT2D eigenvalue weighted by molar-refractivity contribution is 4.64. The number of rotatable bonds is 5. The van der Waals surface area contributed by atoms with Crippen molar-refractivity contribution in [2.45, 2.75) is 32.8 Å². The second kappa shape index (κ2) is 4.28. The van der Waals surface area contributed by atoms with Gasteiger partial charge in [-0.05, 0) is 25.8 Å². The van der Waals surface area contributed by atoms with E-state index in [1.54, 1.807) is 0 Å². The van der Waals surface area contributed by atoms with Gasteiger partial charge in [0.15, 0.2) is 0 Å². The highest BCUT2D eigenvalue weighted by Crippen LogP contribution is 2.12. The van der Waals surface area contributed by atoms with E-state index in [4.69, 9.17) is 10.3 Å². The Balaban J connectivity index is 3.45. The minimum Gasteiger partial charge on any atom is -0.600 e. The quantitative estimate of drug-likeness (QED) is 0.378. The molecule has 0 aromatic heterocycles. The van der Waals surface area contributed by atoms with E-state index in [0.717, 1.165) is 6.42 Å². The van der Waals surface area contributed by atoms with Crippen LogP contribution in [-0.2, 0) is 4.74 Å². The molecule has 4 heteroatoms. The number of hydrogen-bond acceptors (Lipinski definition) is 3. The average molecular weight is 160 g/mol. The molecule has 4 nitrogen and oxygen atoms in total. The Labute approximate surface area is 67.2 Å². The molecule has 0 amide bonds. The molecule has 0 aliphatic rings. The maximum absolute atomic E-state index is 10.1. The molecule has 0 aromatic rings. The molecular formula is C7H16N2O2. The van der Waals surface area contributed by atoms with Crippen LogP contribution < -0.4 is 0 Å². The molecule has 0 spiro atoms. The van der Waals surface area contributed by atoms with Crippen LogP contribution >= 0.6 is 0 Å². The first-order valence-corrected chi connectivity index (χ1v) is 3.78. The molecule has 0 saturated heterocycles. The molecule has 0 saturated carbocycles. The van der Waals surface area contributed by atoms with Crippen LogP contribution in [-0.4, -0.2) is 23.6 Å². The lowest BCUT2D eigenvalue weighted by molar-refractivity contribution is -0.555. The van der Waals surface area contributed by atoms with Gasteiger partial charge in [-0.2, -0.15) is 0 Å². The van der Waals surface area contributed by atoms with E-state index < -0.39 is 0 Å². The number of nitrogens with zero attached hydrogens (tertiary/aromatic N) is 1. The number of nitrogens with one attached hydrogen (secondary N) is 1. The molecule has 0 atom stereocenters. The van der Waals surface area contributed by atoms with Crippen molar-refractivity contribution in [3.63, 3.8) is 0 Å². The Morgan fingerprint density at radius 3 is 2.45 bits per heavy atom. The topological polar surface area (TPSA) is 59.2 Å². The van der Waals surface area contributed by atoms with Crippen LogP contribution in [0.1, 0.15) is 27.2 Å². The van der Waals surface area contributed by atoms with Gasteiger partial charge >= 0.3 is 0 Å². The molecule has 0 radical (unpaired) electrons. The maximum atomic E-state index is 10.1. The summed E-state index contributed by atoms with van der Waals surface area (Å²) < 4.78 is 5.33. The van der Waals surface area contributed by atoms with Gasteiger partial charge in [0.05, 0.1) is 5.60 Å². The summed E-state index contributed by atoms with van der Waals surface area (Å²) in [4.78, 5) is 0.131. The van der Waals surface area contributed by atoms with Crippen LogP contribution in [0.15, 0.2) is 0 Å². The summed E-state index contributed by atoms with van der Waals surface area (Å²) >= 11 is 0. The minimum atomic E-state index is -0.171. The molecule has 0 aliphatic carbocycles. The standard InChI is InChI=1S/C7H16N2O2/c1-4-7(2,3)11-6-5-9(8)10/h8H,4-6H2,1-3H3. The third kappa shape index (κ3) is 5.79. The zero-order chi connectivity index (χ0) is 8.91. The van der Waals surface area contributed by atoms with Crippen molar-refractivity contribution in [2.24, 2.45) is 0 Å². The maximum Gasteiger partial charge on any atom is 0.203 e. The monoisotopic (exact) mass is 160 g/mol. The van der Waals surface area contributed by atoms with Crippen molar-refractivity contribution < 1.29 is 9.60 Å². The smallest absolute Gasteiger partial charge is 0.203 e. The van der Waals surface area contributed by atoms with Gasteiger partial charge in [-0.3, -0.25) is 0 Å². The molecule has 11 heavy (non-hydrogen) atoms. The third-order valence-corrected chi connectivity index (χ3v) is 1.64. The zero-order valence-corrected chi connectivity index (χ0v) is 7.39. The predicted molar refractivity (Wildman–Crippen MR) is 41.5 cm³/mol. The van der Waals surface area contributed by atoms with Gasteiger partial charge in [0.2, 0.25) is 6.54 Å². The lowest BCUT2D eigenvalue weighted by atomic mass is 10.1. The van der Waals surface area contributed by atoms with Crippen LogP contribution in [0.4, 0.5) is 0 Å². The molecule has 0 fully saturated rings. The highest BCUT2D eigenvalue weighted by Gasteiger charge is 2.15. The normalized spacial score (nSPS) is 11.5. The predicted octanol–water partition coefficient (Wildman–Crippen LogP) is 1.73. The van der Waals surface area contributed by atoms with E-state index in [1.165, 1.54) is 0 Å². The van der Waals surface area contributed by atoms with Gasteiger partial charge in [0.25, 0.3) is 0 Å². The number of ether oxygens (including phenoxy) is 1. The Bertz CT molecular complexity index is 134. The molecule has 0 bridgehead atoms. The molecular weight excluding hydrogens is 144 g/mol. The lowest BCUT2D eigenvalue weighted by Gasteiger charge is -2.22. The van der Waals surface area contributed by atoms with Gasteiger partial charge in [0.1, 0.15) is 6.61 Å². The van der Waals surface area contributed by atoms with Crippen LogP contribution in [0.2, 0.25) is 0 Å². The number of hydrogen-bond donors (Lipinski definition) is 1. The average Bonchev–Trinajstić information content (AvgIpc) is 1.87. The van der Waals surface area contributed by atoms with Gasteiger partial charge < -0.3 is 9.94 Å². The summed E-state index contributed by atoms with van der Waals surface area (Å²) in [5.41, 5.74) is 6.37. The molecule has 0 aliphatic heterocycles. The summed E-state index contributed by atoms with van der Waals surface area (Å²) in [7, 11) is 0. The summed E-state index contributed by atoms with van der Waals surface area (Å²) in [6, 6.07) is 0. The molecule has 0 heterocycles. The van der Waals surface area contributed by atoms with Crippen molar-refractivity contribution in [1.29, 1.82) is 5.53 Å². The van der Waals surface area contributed by atoms with Crippen LogP contribution in [0, 0.1) is 10.7 Å². The van der Waals surface area contributed by atoms with Crippen LogP contribution in [0.25, 0.3) is 0 Å². The van der Waals surface area contributed by atoms with Crippen molar-refractivity contribution in [3.05, 3.63) is 5.21 Å². The van der Waals surface area contributed by atoms with Crippen LogP contribution in [0.3, 0.4) is 0 Å². The fourth-order valence-electron chi connectivity index (χ4n) is 0.507. The minimum absolute atomic E-state index is 0.115. The molecule has 0 aromatic carbocycles. The first-order chi connectivity index (χ1) is 4.98. The Kier molecular flexibility index (Phi) is 4.03. The van der Waals surface area contributed by atoms with E-state index in [0.29, 0.717) is 6.61 Å². The Morgan fingerprint density at radius 1 is 1.55 bits per heavy atom.